The molecule has 0 aliphatic carbocycles. The summed E-state index contributed by atoms with van der Waals surface area (Å²) in [7, 11) is 1.50. The fourth-order valence-electron chi connectivity index (χ4n) is 4.21. The highest BCUT2D eigenvalue weighted by Gasteiger charge is 2.35. The van der Waals surface area contributed by atoms with Crippen LogP contribution >= 0.6 is 34.4 Å². The number of nitrogens with one attached hydrogen (secondary N) is 1. The Morgan fingerprint density at radius 1 is 1.00 bits per heavy atom. The summed E-state index contributed by atoms with van der Waals surface area (Å²) < 4.78 is 12.0. The predicted molar refractivity (Wildman–Crippen MR) is 162 cm³/mol. The zero-order valence-electron chi connectivity index (χ0n) is 20.8. The number of nitrogens with zero attached hydrogens (tertiary/aromatic N) is 1. The number of carbonyl (C=O) groups excluding carboxylic acids is 3. The van der Waals surface area contributed by atoms with Crippen LogP contribution in [0.3, 0.4) is 0 Å². The van der Waals surface area contributed by atoms with Crippen LogP contribution in [0.15, 0.2) is 89.8 Å². The van der Waals surface area contributed by atoms with E-state index in [0.717, 1.165) is 28.1 Å². The number of anilines is 1. The monoisotopic (exact) mass is 650 g/mol. The fourth-order valence-corrected chi connectivity index (χ4v) is 5.83. The van der Waals surface area contributed by atoms with Crippen molar-refractivity contribution in [2.75, 3.05) is 19.0 Å². The summed E-state index contributed by atoms with van der Waals surface area (Å²) in [5.74, 6) is 0.186. The summed E-state index contributed by atoms with van der Waals surface area (Å²) in [5.41, 5.74) is 2.26. The van der Waals surface area contributed by atoms with E-state index in [1.54, 1.807) is 24.3 Å². The first-order chi connectivity index (χ1) is 18.9. The Bertz CT molecular complexity index is 1600. The van der Waals surface area contributed by atoms with E-state index >= 15 is 0 Å². The molecule has 4 aromatic carbocycles. The molecular formula is C30H23IN2O5S. The average Bonchev–Trinajstić information content (AvgIpc) is 3.20. The van der Waals surface area contributed by atoms with Crippen molar-refractivity contribution < 1.29 is 23.9 Å². The molecule has 0 bridgehead atoms. The summed E-state index contributed by atoms with van der Waals surface area (Å²) in [6, 6.07) is 26.4. The summed E-state index contributed by atoms with van der Waals surface area (Å²) in [5, 5.41) is 4.53. The van der Waals surface area contributed by atoms with Crippen LogP contribution < -0.4 is 14.8 Å². The van der Waals surface area contributed by atoms with Gasteiger partial charge in [-0.1, -0.05) is 60.7 Å². The average molecular weight is 650 g/mol. The zero-order valence-corrected chi connectivity index (χ0v) is 23.8. The lowest BCUT2D eigenvalue weighted by molar-refractivity contribution is -0.123. The second-order valence-corrected chi connectivity index (χ2v) is 10.8. The van der Waals surface area contributed by atoms with Crippen molar-refractivity contribution in [2.45, 2.75) is 6.54 Å². The molecule has 5 rings (SSSR count). The van der Waals surface area contributed by atoms with Crippen molar-refractivity contribution in [3.63, 3.8) is 0 Å². The van der Waals surface area contributed by atoms with Gasteiger partial charge in [-0.3, -0.25) is 19.3 Å². The van der Waals surface area contributed by atoms with Gasteiger partial charge in [-0.2, -0.15) is 0 Å². The first-order valence-electron chi connectivity index (χ1n) is 12.0. The minimum atomic E-state index is -0.343. The van der Waals surface area contributed by atoms with E-state index in [4.69, 9.17) is 9.47 Å². The molecule has 7 nitrogen and oxygen atoms in total. The van der Waals surface area contributed by atoms with E-state index < -0.39 is 0 Å². The summed E-state index contributed by atoms with van der Waals surface area (Å²) >= 11 is 3.00. The maximum Gasteiger partial charge on any atom is 0.293 e. The van der Waals surface area contributed by atoms with E-state index in [1.807, 2.05) is 66.7 Å². The number of fused-ring (bicyclic) bond motifs is 1. The highest BCUT2D eigenvalue weighted by Crippen LogP contribution is 2.38. The molecule has 0 atom stereocenters. The van der Waals surface area contributed by atoms with Gasteiger partial charge in [0.05, 0.1) is 22.1 Å². The van der Waals surface area contributed by atoms with Crippen LogP contribution in [0.2, 0.25) is 0 Å². The molecule has 0 saturated carbocycles. The summed E-state index contributed by atoms with van der Waals surface area (Å²) in [6.07, 6.45) is 1.67. The lowest BCUT2D eigenvalue weighted by Crippen LogP contribution is -2.27. The quantitative estimate of drug-likeness (QED) is 0.169. The molecule has 0 aromatic heterocycles. The second-order valence-electron chi connectivity index (χ2n) is 8.64. The van der Waals surface area contributed by atoms with Crippen LogP contribution in [0.1, 0.15) is 11.1 Å². The minimum absolute atomic E-state index is 0.196. The molecule has 0 unspecified atom stereocenters. The van der Waals surface area contributed by atoms with Gasteiger partial charge in [0.1, 0.15) is 0 Å². The van der Waals surface area contributed by atoms with Gasteiger partial charge in [0.15, 0.2) is 18.1 Å². The molecule has 4 aromatic rings. The van der Waals surface area contributed by atoms with Crippen molar-refractivity contribution >= 4 is 73.9 Å². The number of hydrogen-bond donors (Lipinski definition) is 1. The smallest absolute Gasteiger partial charge is 0.293 e. The first kappa shape index (κ1) is 26.8. The zero-order chi connectivity index (χ0) is 27.4. The Morgan fingerprint density at radius 3 is 2.54 bits per heavy atom. The van der Waals surface area contributed by atoms with Gasteiger partial charge in [0, 0.05) is 5.69 Å². The Kier molecular flexibility index (Phi) is 8.18. The number of rotatable bonds is 8. The number of thioether (sulfide) groups is 1. The largest absolute Gasteiger partial charge is 0.493 e. The molecule has 1 heterocycles. The van der Waals surface area contributed by atoms with Crippen molar-refractivity contribution in [2.24, 2.45) is 0 Å². The highest BCUT2D eigenvalue weighted by molar-refractivity contribution is 14.1. The lowest BCUT2D eigenvalue weighted by atomic mass is 10.0. The number of amides is 3. The topological polar surface area (TPSA) is 84.9 Å². The molecule has 196 valence electrons. The van der Waals surface area contributed by atoms with Crippen LogP contribution in [0.5, 0.6) is 11.5 Å². The van der Waals surface area contributed by atoms with Crippen molar-refractivity contribution in [3.8, 4) is 11.5 Å². The second kappa shape index (κ2) is 11.9. The van der Waals surface area contributed by atoms with Gasteiger partial charge in [-0.25, -0.2) is 0 Å². The molecule has 1 saturated heterocycles. The Balaban J connectivity index is 1.31. The molecule has 9 heteroatoms. The normalized spacial score (nSPS) is 14.2. The molecule has 1 aliphatic rings. The van der Waals surface area contributed by atoms with Gasteiger partial charge >= 0.3 is 0 Å². The Labute approximate surface area is 243 Å². The molecular weight excluding hydrogens is 627 g/mol. The van der Waals surface area contributed by atoms with Crippen LogP contribution in [-0.4, -0.2) is 35.7 Å². The number of imide groups is 1. The van der Waals surface area contributed by atoms with E-state index in [2.05, 4.69) is 27.9 Å². The Morgan fingerprint density at radius 2 is 1.74 bits per heavy atom. The van der Waals surface area contributed by atoms with E-state index in [1.165, 1.54) is 12.0 Å². The number of hydrogen-bond acceptors (Lipinski definition) is 6. The number of halogens is 1. The molecule has 1 fully saturated rings. The number of methoxy groups -OCH3 is 1. The SMILES string of the molecule is COc1cc(/C=C2\SC(=O)N(Cc3cccc4ccccc34)C2=O)cc(I)c1OCC(=O)Nc1ccccc1. The third-order valence-electron chi connectivity index (χ3n) is 6.04. The maximum atomic E-state index is 13.2. The third-order valence-corrected chi connectivity index (χ3v) is 7.75. The van der Waals surface area contributed by atoms with Gasteiger partial charge in [0.25, 0.3) is 17.1 Å². The molecule has 39 heavy (non-hydrogen) atoms. The first-order valence-corrected chi connectivity index (χ1v) is 13.9. The third kappa shape index (κ3) is 6.10. The molecule has 0 spiro atoms. The van der Waals surface area contributed by atoms with Crippen LogP contribution in [0.25, 0.3) is 16.8 Å². The summed E-state index contributed by atoms with van der Waals surface area (Å²) in [6.45, 7) is -0.00427. The lowest BCUT2D eigenvalue weighted by Gasteiger charge is -2.15. The molecule has 3 amide bonds. The number of ether oxygens (including phenoxy) is 2. The van der Waals surface area contributed by atoms with Crippen molar-refractivity contribution in [1.82, 2.24) is 4.90 Å². The van der Waals surface area contributed by atoms with Gasteiger partial charge in [0.2, 0.25) is 0 Å². The molecule has 0 radical (unpaired) electrons. The van der Waals surface area contributed by atoms with Gasteiger partial charge in [-0.05, 0) is 86.6 Å². The fraction of sp³-hybridized carbons (Fsp3) is 0.100. The number of benzene rings is 4. The molecule has 1 aliphatic heterocycles. The van der Waals surface area contributed by atoms with Gasteiger partial charge in [-0.15, -0.1) is 0 Å². The standard InChI is InChI=1S/C30H23IN2O5S/c1-37-25-15-19(14-24(31)28(25)38-18-27(34)32-22-11-3-2-4-12-22)16-26-29(35)33(30(36)39-26)17-21-10-7-9-20-8-5-6-13-23(20)21/h2-16H,17-18H2,1H3,(H,32,34)/b26-16-. The molecule has 1 N–H and O–H groups in total. The highest BCUT2D eigenvalue weighted by atomic mass is 127. The Hall–Kier alpha value is -3.83. The number of para-hydroxylation sites is 1. The van der Waals surface area contributed by atoms with Crippen LogP contribution in [0.4, 0.5) is 10.5 Å². The maximum absolute atomic E-state index is 13.2. The van der Waals surface area contributed by atoms with Crippen LogP contribution in [0, 0.1) is 3.57 Å². The number of carbonyl (C=O) groups is 3. The van der Waals surface area contributed by atoms with Gasteiger partial charge < -0.3 is 14.8 Å². The minimum Gasteiger partial charge on any atom is -0.493 e. The van der Waals surface area contributed by atoms with Crippen molar-refractivity contribution in [1.29, 1.82) is 0 Å². The predicted octanol–water partition coefficient (Wildman–Crippen LogP) is 6.71. The van der Waals surface area contributed by atoms with Crippen molar-refractivity contribution in [3.05, 3.63) is 105 Å². The van der Waals surface area contributed by atoms with E-state index in [-0.39, 0.29) is 30.2 Å². The van der Waals surface area contributed by atoms with Crippen LogP contribution in [-0.2, 0) is 16.1 Å². The van der Waals surface area contributed by atoms with E-state index in [0.29, 0.717) is 31.2 Å². The van der Waals surface area contributed by atoms with E-state index in [9.17, 15) is 14.4 Å². The summed E-state index contributed by atoms with van der Waals surface area (Å²) in [4.78, 5) is 39.9.